The molecule has 37 heavy (non-hydrogen) atoms. The smallest absolute Gasteiger partial charge is 0.238 e. The molecule has 0 bridgehead atoms. The lowest BCUT2D eigenvalue weighted by Crippen LogP contribution is -2.31. The van der Waals surface area contributed by atoms with Crippen molar-refractivity contribution >= 4 is 23.0 Å². The number of fused-ring (bicyclic) bond motifs is 1. The number of hydrogen-bond acceptors (Lipinski definition) is 4. The van der Waals surface area contributed by atoms with E-state index in [-0.39, 0.29) is 5.91 Å². The number of rotatable bonds is 7. The zero-order valence-corrected chi connectivity index (χ0v) is 20.9. The van der Waals surface area contributed by atoms with Gasteiger partial charge < -0.3 is 15.2 Å². The van der Waals surface area contributed by atoms with Crippen LogP contribution >= 0.6 is 0 Å². The molecule has 1 saturated heterocycles. The first kappa shape index (κ1) is 23.4. The summed E-state index contributed by atoms with van der Waals surface area (Å²) in [5.74, 6) is -0.495. The standard InChI is InChI=1S/C31H31N5O/c37-31-29(26-6-2-3-7-27(26)35-31)30(34-25-14-12-23(13-15-25)28-20-32-21-33-28)24-10-8-22(9-11-24)16-19-36-17-4-1-5-18-36/h2-3,6-15,20-21,29H,1,4-5,16-19H2,(H,32,33)(H,35,37). The molecular formula is C31H31N5O. The number of piperidine rings is 1. The van der Waals surface area contributed by atoms with Gasteiger partial charge in [-0.15, -0.1) is 0 Å². The van der Waals surface area contributed by atoms with Gasteiger partial charge in [0.05, 0.1) is 29.6 Å². The van der Waals surface area contributed by atoms with Crippen LogP contribution in [0.5, 0.6) is 0 Å². The zero-order valence-electron chi connectivity index (χ0n) is 20.9. The number of imidazole rings is 1. The van der Waals surface area contributed by atoms with E-state index in [2.05, 4.69) is 44.5 Å². The lowest BCUT2D eigenvalue weighted by atomic mass is 9.90. The molecule has 0 saturated carbocycles. The molecule has 0 aliphatic carbocycles. The first-order chi connectivity index (χ1) is 18.2. The number of carbonyl (C=O) groups excluding carboxylic acids is 1. The van der Waals surface area contributed by atoms with Crippen molar-refractivity contribution in [3.05, 3.63) is 102 Å². The van der Waals surface area contributed by atoms with Gasteiger partial charge in [-0.3, -0.25) is 9.79 Å². The lowest BCUT2D eigenvalue weighted by Gasteiger charge is -2.26. The summed E-state index contributed by atoms with van der Waals surface area (Å²) in [6, 6.07) is 24.5. The summed E-state index contributed by atoms with van der Waals surface area (Å²) in [7, 11) is 0. The molecule has 3 aromatic carbocycles. The van der Waals surface area contributed by atoms with Crippen molar-refractivity contribution in [2.75, 3.05) is 25.0 Å². The first-order valence-corrected chi connectivity index (χ1v) is 13.1. The number of benzene rings is 3. The van der Waals surface area contributed by atoms with E-state index in [1.165, 1.54) is 37.9 Å². The fraction of sp³-hybridized carbons (Fsp3) is 0.258. The Morgan fingerprint density at radius 2 is 1.73 bits per heavy atom. The quantitative estimate of drug-likeness (QED) is 0.315. The van der Waals surface area contributed by atoms with E-state index in [1.54, 1.807) is 12.5 Å². The van der Waals surface area contributed by atoms with Crippen LogP contribution in [-0.2, 0) is 11.2 Å². The van der Waals surface area contributed by atoms with Crippen LogP contribution in [0, 0.1) is 0 Å². The van der Waals surface area contributed by atoms with Crippen LogP contribution in [0.4, 0.5) is 11.4 Å². The van der Waals surface area contributed by atoms with E-state index in [0.717, 1.165) is 52.4 Å². The second-order valence-corrected chi connectivity index (χ2v) is 9.87. The number of carbonyl (C=O) groups is 1. The molecule has 1 amide bonds. The Hall–Kier alpha value is -4.03. The third kappa shape index (κ3) is 5.11. The Bertz CT molecular complexity index is 1380. The summed E-state index contributed by atoms with van der Waals surface area (Å²) in [4.78, 5) is 28.0. The molecular weight excluding hydrogens is 458 g/mol. The number of nitrogens with one attached hydrogen (secondary N) is 2. The highest BCUT2D eigenvalue weighted by Crippen LogP contribution is 2.36. The molecule has 0 radical (unpaired) electrons. The van der Waals surface area contributed by atoms with Gasteiger partial charge in [0.2, 0.25) is 5.91 Å². The number of anilines is 1. The van der Waals surface area contributed by atoms with Gasteiger partial charge >= 0.3 is 0 Å². The fourth-order valence-corrected chi connectivity index (χ4v) is 5.36. The molecule has 6 rings (SSSR count). The maximum Gasteiger partial charge on any atom is 0.238 e. The van der Waals surface area contributed by atoms with E-state index in [9.17, 15) is 4.79 Å². The minimum absolute atomic E-state index is 0.0387. The van der Waals surface area contributed by atoms with E-state index >= 15 is 0 Å². The maximum absolute atomic E-state index is 13.2. The SMILES string of the molecule is O=C1Nc2ccccc2C1C(=Nc1ccc(-c2cnc[nH]2)cc1)c1ccc(CCN2CCCCC2)cc1. The first-order valence-electron chi connectivity index (χ1n) is 13.1. The third-order valence-electron chi connectivity index (χ3n) is 7.41. The molecule has 1 fully saturated rings. The molecule has 2 aliphatic rings. The topological polar surface area (TPSA) is 73.4 Å². The van der Waals surface area contributed by atoms with Gasteiger partial charge in [-0.25, -0.2) is 4.98 Å². The minimum atomic E-state index is -0.456. The highest BCUT2D eigenvalue weighted by atomic mass is 16.2. The van der Waals surface area contributed by atoms with E-state index in [1.807, 2.05) is 48.5 Å². The highest BCUT2D eigenvalue weighted by molar-refractivity contribution is 6.24. The monoisotopic (exact) mass is 489 g/mol. The molecule has 0 spiro atoms. The summed E-state index contributed by atoms with van der Waals surface area (Å²) >= 11 is 0. The molecule has 2 N–H and O–H groups in total. The van der Waals surface area contributed by atoms with Gasteiger partial charge in [0, 0.05) is 12.2 Å². The molecule has 6 nitrogen and oxygen atoms in total. The van der Waals surface area contributed by atoms with Gasteiger partial charge in [0.1, 0.15) is 5.92 Å². The summed E-state index contributed by atoms with van der Waals surface area (Å²) < 4.78 is 0. The molecule has 2 aliphatic heterocycles. The number of amides is 1. The Morgan fingerprint density at radius 1 is 0.946 bits per heavy atom. The van der Waals surface area contributed by atoms with Crippen molar-refractivity contribution in [2.24, 2.45) is 4.99 Å². The molecule has 1 aromatic heterocycles. The average molecular weight is 490 g/mol. The number of likely N-dealkylation sites (tertiary alicyclic amines) is 1. The van der Waals surface area contributed by atoms with Crippen LogP contribution in [0.15, 0.2) is 90.3 Å². The van der Waals surface area contributed by atoms with E-state index in [4.69, 9.17) is 4.99 Å². The third-order valence-corrected chi connectivity index (χ3v) is 7.41. The van der Waals surface area contributed by atoms with Crippen molar-refractivity contribution in [2.45, 2.75) is 31.6 Å². The predicted molar refractivity (Wildman–Crippen MR) is 148 cm³/mol. The number of para-hydroxylation sites is 1. The van der Waals surface area contributed by atoms with Crippen LogP contribution in [0.2, 0.25) is 0 Å². The highest BCUT2D eigenvalue weighted by Gasteiger charge is 2.35. The largest absolute Gasteiger partial charge is 0.345 e. The summed E-state index contributed by atoms with van der Waals surface area (Å²) in [6.45, 7) is 3.52. The maximum atomic E-state index is 13.2. The molecule has 1 unspecified atom stereocenters. The van der Waals surface area contributed by atoms with Crippen molar-refractivity contribution in [1.29, 1.82) is 0 Å². The number of aliphatic imine (C=N–C) groups is 1. The molecule has 6 heteroatoms. The number of aromatic amines is 1. The lowest BCUT2D eigenvalue weighted by molar-refractivity contribution is -0.115. The van der Waals surface area contributed by atoms with Crippen LogP contribution in [0.1, 0.15) is 41.9 Å². The summed E-state index contributed by atoms with van der Waals surface area (Å²) in [6.07, 6.45) is 8.49. The Kier molecular flexibility index (Phi) is 6.65. The summed E-state index contributed by atoms with van der Waals surface area (Å²) in [5, 5.41) is 3.04. The van der Waals surface area contributed by atoms with E-state index < -0.39 is 5.92 Å². The molecule has 1 atom stereocenters. The van der Waals surface area contributed by atoms with E-state index in [0.29, 0.717) is 0 Å². The van der Waals surface area contributed by atoms with Crippen LogP contribution in [-0.4, -0.2) is 46.1 Å². The fourth-order valence-electron chi connectivity index (χ4n) is 5.36. The number of H-pyrrole nitrogens is 1. The van der Waals surface area contributed by atoms with Crippen LogP contribution in [0.25, 0.3) is 11.3 Å². The van der Waals surface area contributed by atoms with Gasteiger partial charge in [0.15, 0.2) is 0 Å². The average Bonchev–Trinajstić information content (AvgIpc) is 3.60. The minimum Gasteiger partial charge on any atom is -0.345 e. The van der Waals surface area contributed by atoms with Crippen molar-refractivity contribution in [1.82, 2.24) is 14.9 Å². The Labute approximate surface area is 217 Å². The molecule has 4 aromatic rings. The van der Waals surface area contributed by atoms with Crippen molar-refractivity contribution in [3.63, 3.8) is 0 Å². The zero-order chi connectivity index (χ0) is 25.0. The van der Waals surface area contributed by atoms with Gasteiger partial charge in [-0.1, -0.05) is 61.0 Å². The normalized spacial score (nSPS) is 18.0. The summed E-state index contributed by atoms with van der Waals surface area (Å²) in [5.41, 5.74) is 7.68. The second-order valence-electron chi connectivity index (χ2n) is 9.87. The van der Waals surface area contributed by atoms with Gasteiger partial charge in [-0.2, -0.15) is 0 Å². The van der Waals surface area contributed by atoms with Gasteiger partial charge in [0.25, 0.3) is 0 Å². The number of aromatic nitrogens is 2. The second kappa shape index (κ2) is 10.5. The Balaban J connectivity index is 1.31. The van der Waals surface area contributed by atoms with Crippen LogP contribution in [0.3, 0.4) is 0 Å². The molecule has 186 valence electrons. The number of hydrogen-bond donors (Lipinski definition) is 2. The Morgan fingerprint density at radius 3 is 2.49 bits per heavy atom. The number of nitrogens with zero attached hydrogens (tertiary/aromatic N) is 3. The predicted octanol–water partition coefficient (Wildman–Crippen LogP) is 5.96. The van der Waals surface area contributed by atoms with Gasteiger partial charge in [-0.05, 0) is 72.8 Å². The molecule has 3 heterocycles. The van der Waals surface area contributed by atoms with Crippen LogP contribution < -0.4 is 5.32 Å². The van der Waals surface area contributed by atoms with Crippen molar-refractivity contribution in [3.8, 4) is 11.3 Å². The van der Waals surface area contributed by atoms with Crippen molar-refractivity contribution < 1.29 is 4.79 Å².